The molecule has 0 saturated heterocycles. The molecule has 1 fully saturated rings. The van der Waals surface area contributed by atoms with Gasteiger partial charge in [0.2, 0.25) is 0 Å². The minimum absolute atomic E-state index is 0.0992. The van der Waals surface area contributed by atoms with E-state index in [-0.39, 0.29) is 6.04 Å². The van der Waals surface area contributed by atoms with E-state index in [0.29, 0.717) is 0 Å². The summed E-state index contributed by atoms with van der Waals surface area (Å²) in [6.07, 6.45) is 2.14. The van der Waals surface area contributed by atoms with E-state index in [1.807, 2.05) is 6.07 Å². The van der Waals surface area contributed by atoms with Crippen LogP contribution < -0.4 is 5.32 Å². The van der Waals surface area contributed by atoms with Crippen LogP contribution in [-0.2, 0) is 6.54 Å². The number of nitrogens with one attached hydrogen (secondary N) is 1. The van der Waals surface area contributed by atoms with Crippen LogP contribution in [0.25, 0.3) is 0 Å². The summed E-state index contributed by atoms with van der Waals surface area (Å²) in [7, 11) is 0. The highest BCUT2D eigenvalue weighted by Gasteiger charge is 2.25. The SMILES string of the molecule is F[C@@H]1CCC[C@@H]1NCc1cccs1. The van der Waals surface area contributed by atoms with Crippen molar-refractivity contribution in [2.24, 2.45) is 0 Å². The molecule has 1 nitrogen and oxygen atoms in total. The van der Waals surface area contributed by atoms with E-state index in [1.165, 1.54) is 4.88 Å². The van der Waals surface area contributed by atoms with Crippen molar-refractivity contribution >= 4 is 11.3 Å². The van der Waals surface area contributed by atoms with E-state index in [9.17, 15) is 4.39 Å². The molecule has 2 atom stereocenters. The van der Waals surface area contributed by atoms with Gasteiger partial charge < -0.3 is 5.32 Å². The summed E-state index contributed by atoms with van der Waals surface area (Å²) in [6.45, 7) is 0.822. The molecule has 1 N–H and O–H groups in total. The molecular formula is C10H14FNS. The lowest BCUT2D eigenvalue weighted by molar-refractivity contribution is 0.279. The molecule has 1 aromatic rings. The Morgan fingerprint density at radius 3 is 3.08 bits per heavy atom. The van der Waals surface area contributed by atoms with Gasteiger partial charge in [0, 0.05) is 17.5 Å². The van der Waals surface area contributed by atoms with Crippen molar-refractivity contribution in [1.82, 2.24) is 5.32 Å². The van der Waals surface area contributed by atoms with Crippen LogP contribution in [0.1, 0.15) is 24.1 Å². The van der Waals surface area contributed by atoms with Gasteiger partial charge in [0.25, 0.3) is 0 Å². The van der Waals surface area contributed by atoms with Crippen molar-refractivity contribution in [1.29, 1.82) is 0 Å². The number of hydrogen-bond donors (Lipinski definition) is 1. The Kier molecular flexibility index (Phi) is 2.96. The predicted molar refractivity (Wildman–Crippen MR) is 53.7 cm³/mol. The molecule has 0 bridgehead atoms. The minimum atomic E-state index is -0.625. The highest BCUT2D eigenvalue weighted by atomic mass is 32.1. The van der Waals surface area contributed by atoms with E-state index >= 15 is 0 Å². The summed E-state index contributed by atoms with van der Waals surface area (Å²) >= 11 is 1.72. The molecule has 1 aliphatic carbocycles. The van der Waals surface area contributed by atoms with E-state index in [4.69, 9.17) is 0 Å². The van der Waals surface area contributed by atoms with Crippen molar-refractivity contribution < 1.29 is 4.39 Å². The van der Waals surface area contributed by atoms with Gasteiger partial charge in [-0.2, -0.15) is 0 Å². The van der Waals surface area contributed by atoms with Crippen LogP contribution in [0.15, 0.2) is 17.5 Å². The summed E-state index contributed by atoms with van der Waals surface area (Å²) in [4.78, 5) is 1.29. The Hall–Kier alpha value is -0.410. The number of rotatable bonds is 3. The quantitative estimate of drug-likeness (QED) is 0.789. The van der Waals surface area contributed by atoms with Crippen molar-refractivity contribution in [2.45, 2.75) is 38.0 Å². The number of alkyl halides is 1. The van der Waals surface area contributed by atoms with Gasteiger partial charge in [0.1, 0.15) is 6.17 Å². The maximum Gasteiger partial charge on any atom is 0.115 e. The molecule has 72 valence electrons. The topological polar surface area (TPSA) is 12.0 Å². The number of halogens is 1. The maximum absolute atomic E-state index is 13.2. The molecule has 2 rings (SSSR count). The first-order chi connectivity index (χ1) is 6.36. The Bertz CT molecular complexity index is 247. The van der Waals surface area contributed by atoms with Gasteiger partial charge in [-0.25, -0.2) is 4.39 Å². The van der Waals surface area contributed by atoms with Crippen LogP contribution in [0.5, 0.6) is 0 Å². The molecule has 1 aliphatic rings. The van der Waals surface area contributed by atoms with Gasteiger partial charge in [0.05, 0.1) is 0 Å². The average Bonchev–Trinajstić information content (AvgIpc) is 2.72. The van der Waals surface area contributed by atoms with Crippen LogP contribution in [0.4, 0.5) is 4.39 Å². The second-order valence-electron chi connectivity index (χ2n) is 3.51. The second kappa shape index (κ2) is 4.20. The van der Waals surface area contributed by atoms with Crippen LogP contribution in [0, 0.1) is 0 Å². The Balaban J connectivity index is 1.79. The van der Waals surface area contributed by atoms with Crippen LogP contribution in [0.2, 0.25) is 0 Å². The summed E-state index contributed by atoms with van der Waals surface area (Å²) in [6, 6.07) is 4.21. The number of thiophene rings is 1. The van der Waals surface area contributed by atoms with E-state index < -0.39 is 6.17 Å². The zero-order valence-electron chi connectivity index (χ0n) is 7.50. The standard InChI is InChI=1S/C10H14FNS/c11-9-4-1-5-10(9)12-7-8-3-2-6-13-8/h2-3,6,9-10,12H,1,4-5,7H2/t9-,10+/m1/s1. The highest BCUT2D eigenvalue weighted by Crippen LogP contribution is 2.22. The summed E-state index contributed by atoms with van der Waals surface area (Å²) in [5.74, 6) is 0. The fourth-order valence-electron chi connectivity index (χ4n) is 1.79. The van der Waals surface area contributed by atoms with Gasteiger partial charge in [-0.05, 0) is 30.7 Å². The lowest BCUT2D eigenvalue weighted by Gasteiger charge is -2.13. The molecule has 0 radical (unpaired) electrons. The molecule has 13 heavy (non-hydrogen) atoms. The van der Waals surface area contributed by atoms with Gasteiger partial charge >= 0.3 is 0 Å². The van der Waals surface area contributed by atoms with E-state index in [0.717, 1.165) is 25.8 Å². The molecule has 0 unspecified atom stereocenters. The van der Waals surface area contributed by atoms with Crippen molar-refractivity contribution in [3.8, 4) is 0 Å². The van der Waals surface area contributed by atoms with Crippen molar-refractivity contribution in [2.75, 3.05) is 0 Å². The molecule has 0 aliphatic heterocycles. The van der Waals surface area contributed by atoms with Gasteiger partial charge in [-0.1, -0.05) is 6.07 Å². The van der Waals surface area contributed by atoms with Gasteiger partial charge in [-0.3, -0.25) is 0 Å². The fraction of sp³-hybridized carbons (Fsp3) is 0.600. The molecular weight excluding hydrogens is 185 g/mol. The summed E-state index contributed by atoms with van der Waals surface area (Å²) in [5, 5.41) is 5.32. The van der Waals surface area contributed by atoms with E-state index in [1.54, 1.807) is 11.3 Å². The maximum atomic E-state index is 13.2. The first kappa shape index (κ1) is 9.16. The summed E-state index contributed by atoms with van der Waals surface area (Å²) < 4.78 is 13.2. The largest absolute Gasteiger partial charge is 0.306 e. The Morgan fingerprint density at radius 1 is 1.54 bits per heavy atom. The molecule has 1 heterocycles. The average molecular weight is 199 g/mol. The molecule has 1 saturated carbocycles. The third-order valence-electron chi connectivity index (χ3n) is 2.55. The first-order valence-electron chi connectivity index (χ1n) is 4.76. The third kappa shape index (κ3) is 2.29. The lowest BCUT2D eigenvalue weighted by atomic mass is 10.2. The Labute approximate surface area is 82.0 Å². The minimum Gasteiger partial charge on any atom is -0.306 e. The molecule has 0 spiro atoms. The van der Waals surface area contributed by atoms with Crippen molar-refractivity contribution in [3.63, 3.8) is 0 Å². The van der Waals surface area contributed by atoms with Crippen LogP contribution in [-0.4, -0.2) is 12.2 Å². The third-order valence-corrected chi connectivity index (χ3v) is 3.43. The molecule has 1 aromatic heterocycles. The van der Waals surface area contributed by atoms with Gasteiger partial charge in [0.15, 0.2) is 0 Å². The highest BCUT2D eigenvalue weighted by molar-refractivity contribution is 7.09. The van der Waals surface area contributed by atoms with Crippen LogP contribution >= 0.6 is 11.3 Å². The first-order valence-corrected chi connectivity index (χ1v) is 5.64. The van der Waals surface area contributed by atoms with E-state index in [2.05, 4.69) is 16.8 Å². The molecule has 0 aromatic carbocycles. The van der Waals surface area contributed by atoms with Gasteiger partial charge in [-0.15, -0.1) is 11.3 Å². The molecule has 3 heteroatoms. The zero-order valence-corrected chi connectivity index (χ0v) is 8.32. The summed E-state index contributed by atoms with van der Waals surface area (Å²) in [5.41, 5.74) is 0. The monoisotopic (exact) mass is 199 g/mol. The Morgan fingerprint density at radius 2 is 2.46 bits per heavy atom. The van der Waals surface area contributed by atoms with Crippen molar-refractivity contribution in [3.05, 3.63) is 22.4 Å². The number of hydrogen-bond acceptors (Lipinski definition) is 2. The second-order valence-corrected chi connectivity index (χ2v) is 4.55. The smallest absolute Gasteiger partial charge is 0.115 e. The lowest BCUT2D eigenvalue weighted by Crippen LogP contribution is -2.32. The normalized spacial score (nSPS) is 28.1. The fourth-order valence-corrected chi connectivity index (χ4v) is 2.45. The van der Waals surface area contributed by atoms with Crippen LogP contribution in [0.3, 0.4) is 0 Å². The molecule has 0 amide bonds. The predicted octanol–water partition coefficient (Wildman–Crippen LogP) is 2.73. The zero-order chi connectivity index (χ0) is 9.10.